The van der Waals surface area contributed by atoms with Crippen molar-refractivity contribution in [3.8, 4) is 5.75 Å². The second-order valence-corrected chi connectivity index (χ2v) is 11.4. The summed E-state index contributed by atoms with van der Waals surface area (Å²) in [6.45, 7) is 0.714. The van der Waals surface area contributed by atoms with Crippen LogP contribution < -0.4 is 10.1 Å². The van der Waals surface area contributed by atoms with Gasteiger partial charge in [-0.25, -0.2) is 25.4 Å². The molecular weight excluding hydrogens is 454 g/mol. The van der Waals surface area contributed by atoms with Crippen molar-refractivity contribution < 1.29 is 26.4 Å². The van der Waals surface area contributed by atoms with Crippen molar-refractivity contribution in [2.45, 2.75) is 22.6 Å². The van der Waals surface area contributed by atoms with Gasteiger partial charge in [-0.15, -0.1) is 0 Å². The van der Waals surface area contributed by atoms with Crippen LogP contribution in [0.1, 0.15) is 12.8 Å². The number of nitrogens with one attached hydrogen (secondary N) is 1. The van der Waals surface area contributed by atoms with E-state index >= 15 is 0 Å². The van der Waals surface area contributed by atoms with E-state index in [2.05, 4.69) is 5.32 Å². The maximum atomic E-state index is 12.4. The zero-order valence-corrected chi connectivity index (χ0v) is 20.0. The van der Waals surface area contributed by atoms with Gasteiger partial charge in [-0.2, -0.15) is 0 Å². The number of ether oxygens (including phenoxy) is 1. The molecule has 0 saturated carbocycles. The fourth-order valence-corrected chi connectivity index (χ4v) is 4.85. The zero-order valence-electron chi connectivity index (χ0n) is 18.4. The fourth-order valence-electron chi connectivity index (χ4n) is 2.72. The summed E-state index contributed by atoms with van der Waals surface area (Å²) in [6, 6.07) is 14.2. The number of hydrogen-bond donors (Lipinski definition) is 1. The highest BCUT2D eigenvalue weighted by Gasteiger charge is 2.20. The van der Waals surface area contributed by atoms with Gasteiger partial charge in [0.05, 0.1) is 16.3 Å². The Bertz CT molecular complexity index is 1090. The number of hydrogen-bond acceptors (Lipinski definition) is 6. The molecule has 2 rings (SSSR count). The normalized spacial score (nSPS) is 12.2. The predicted molar refractivity (Wildman–Crippen MR) is 121 cm³/mol. The summed E-state index contributed by atoms with van der Waals surface area (Å²) in [5.41, 5.74) is 0. The minimum absolute atomic E-state index is 0.169. The van der Waals surface area contributed by atoms with Gasteiger partial charge in [0.15, 0.2) is 0 Å². The average molecular weight is 484 g/mol. The summed E-state index contributed by atoms with van der Waals surface area (Å²) in [5, 5.41) is 2.71. The Balaban J connectivity index is 1.69. The Kier molecular flexibility index (Phi) is 9.20. The van der Waals surface area contributed by atoms with Crippen molar-refractivity contribution in [2.75, 3.05) is 40.8 Å². The molecule has 0 unspecified atom stereocenters. The van der Waals surface area contributed by atoms with E-state index in [1.165, 1.54) is 49.7 Å². The quantitative estimate of drug-likeness (QED) is 0.458. The number of nitrogens with zero attached hydrogens (tertiary/aromatic N) is 2. The molecule has 0 fully saturated rings. The summed E-state index contributed by atoms with van der Waals surface area (Å²) < 4.78 is 56.8. The third kappa shape index (κ3) is 7.02. The van der Waals surface area contributed by atoms with Gasteiger partial charge in [0.2, 0.25) is 26.0 Å². The number of carbonyl (C=O) groups is 1. The van der Waals surface area contributed by atoms with Crippen LogP contribution in [-0.2, 0) is 24.8 Å². The highest BCUT2D eigenvalue weighted by Crippen LogP contribution is 2.18. The predicted octanol–water partition coefficient (Wildman–Crippen LogP) is 1.53. The van der Waals surface area contributed by atoms with Gasteiger partial charge in [0.1, 0.15) is 12.4 Å². The molecule has 2 aromatic rings. The molecule has 11 heteroatoms. The second kappa shape index (κ2) is 11.4. The van der Waals surface area contributed by atoms with Crippen LogP contribution in [0.3, 0.4) is 0 Å². The molecular formula is C21H29N3O6S2. The van der Waals surface area contributed by atoms with Crippen molar-refractivity contribution in [1.82, 2.24) is 13.9 Å². The van der Waals surface area contributed by atoms with Crippen molar-refractivity contribution in [3.05, 3.63) is 54.6 Å². The van der Waals surface area contributed by atoms with Crippen molar-refractivity contribution in [3.63, 3.8) is 0 Å². The summed E-state index contributed by atoms with van der Waals surface area (Å²) >= 11 is 0. The summed E-state index contributed by atoms with van der Waals surface area (Å²) in [5.74, 6) is 0.288. The lowest BCUT2D eigenvalue weighted by molar-refractivity contribution is -0.121. The van der Waals surface area contributed by atoms with Crippen LogP contribution >= 0.6 is 0 Å². The SMILES string of the molecule is CN(C)S(=O)(=O)c1ccc(OCCNC(=O)CCCN(C)S(=O)(=O)c2ccccc2)cc1. The molecule has 176 valence electrons. The van der Waals surface area contributed by atoms with E-state index in [0.29, 0.717) is 12.2 Å². The molecule has 0 spiro atoms. The lowest BCUT2D eigenvalue weighted by Crippen LogP contribution is -2.31. The highest BCUT2D eigenvalue weighted by molar-refractivity contribution is 7.89. The molecule has 9 nitrogen and oxygen atoms in total. The Morgan fingerprint density at radius 2 is 1.47 bits per heavy atom. The lowest BCUT2D eigenvalue weighted by Gasteiger charge is -2.17. The standard InChI is InChI=1S/C21H29N3O6S2/c1-23(2)31(26,27)20-13-11-18(12-14-20)30-17-15-22-21(25)10-7-16-24(3)32(28,29)19-8-5-4-6-9-19/h4-6,8-9,11-14H,7,10,15-17H2,1-3H3,(H,22,25). The molecule has 1 N–H and O–H groups in total. The molecule has 2 aromatic carbocycles. The second-order valence-electron chi connectivity index (χ2n) is 7.20. The minimum Gasteiger partial charge on any atom is -0.492 e. The van der Waals surface area contributed by atoms with E-state index in [0.717, 1.165) is 4.31 Å². The van der Waals surface area contributed by atoms with Gasteiger partial charge in [-0.05, 0) is 42.8 Å². The Hall–Kier alpha value is -2.47. The number of carbonyl (C=O) groups excluding carboxylic acids is 1. The first-order valence-electron chi connectivity index (χ1n) is 9.98. The van der Waals surface area contributed by atoms with Crippen LogP contribution in [0.25, 0.3) is 0 Å². The zero-order chi connectivity index (χ0) is 23.8. The molecule has 0 aliphatic rings. The monoisotopic (exact) mass is 483 g/mol. The topological polar surface area (TPSA) is 113 Å². The van der Waals surface area contributed by atoms with E-state index in [9.17, 15) is 21.6 Å². The highest BCUT2D eigenvalue weighted by atomic mass is 32.2. The van der Waals surface area contributed by atoms with E-state index < -0.39 is 20.0 Å². The molecule has 1 amide bonds. The summed E-state index contributed by atoms with van der Waals surface area (Å²) in [6.07, 6.45) is 0.572. The first-order valence-corrected chi connectivity index (χ1v) is 12.9. The molecule has 0 bridgehead atoms. The fraction of sp³-hybridized carbons (Fsp3) is 0.381. The minimum atomic E-state index is -3.56. The number of rotatable bonds is 12. The molecule has 0 aromatic heterocycles. The third-order valence-corrected chi connectivity index (χ3v) is 8.32. The lowest BCUT2D eigenvalue weighted by atomic mass is 10.3. The van der Waals surface area contributed by atoms with Crippen LogP contribution in [-0.4, -0.2) is 72.2 Å². The van der Waals surface area contributed by atoms with Crippen molar-refractivity contribution in [2.24, 2.45) is 0 Å². The number of benzene rings is 2. The Morgan fingerprint density at radius 1 is 0.875 bits per heavy atom. The van der Waals surface area contributed by atoms with E-state index in [1.54, 1.807) is 30.3 Å². The van der Waals surface area contributed by atoms with Gasteiger partial charge in [0, 0.05) is 34.1 Å². The molecule has 0 radical (unpaired) electrons. The smallest absolute Gasteiger partial charge is 0.242 e. The van der Waals surface area contributed by atoms with E-state index in [4.69, 9.17) is 4.74 Å². The average Bonchev–Trinajstić information content (AvgIpc) is 2.77. The van der Waals surface area contributed by atoms with E-state index in [-0.39, 0.29) is 41.8 Å². The first-order chi connectivity index (χ1) is 15.0. The van der Waals surface area contributed by atoms with Gasteiger partial charge < -0.3 is 10.1 Å². The third-order valence-electron chi connectivity index (χ3n) is 4.62. The maximum Gasteiger partial charge on any atom is 0.242 e. The van der Waals surface area contributed by atoms with Gasteiger partial charge in [-0.3, -0.25) is 4.79 Å². The molecule has 0 heterocycles. The largest absolute Gasteiger partial charge is 0.492 e. The summed E-state index contributed by atoms with van der Waals surface area (Å²) in [4.78, 5) is 12.4. The number of sulfonamides is 2. The van der Waals surface area contributed by atoms with Crippen LogP contribution in [0.4, 0.5) is 0 Å². The Morgan fingerprint density at radius 3 is 2.06 bits per heavy atom. The van der Waals surface area contributed by atoms with Gasteiger partial charge in [-0.1, -0.05) is 18.2 Å². The van der Waals surface area contributed by atoms with Crippen molar-refractivity contribution >= 4 is 26.0 Å². The molecule has 0 saturated heterocycles. The van der Waals surface area contributed by atoms with Crippen molar-refractivity contribution in [1.29, 1.82) is 0 Å². The molecule has 0 atom stereocenters. The van der Waals surface area contributed by atoms with Crippen LogP contribution in [0, 0.1) is 0 Å². The van der Waals surface area contributed by atoms with Gasteiger partial charge >= 0.3 is 0 Å². The molecule has 32 heavy (non-hydrogen) atoms. The van der Waals surface area contributed by atoms with Gasteiger partial charge in [0.25, 0.3) is 0 Å². The number of amides is 1. The Labute approximate surface area is 190 Å². The van der Waals surface area contributed by atoms with Crippen LogP contribution in [0.15, 0.2) is 64.4 Å². The van der Waals surface area contributed by atoms with E-state index in [1.807, 2.05) is 0 Å². The molecule has 0 aliphatic heterocycles. The van der Waals surface area contributed by atoms with Crippen LogP contribution in [0.2, 0.25) is 0 Å². The summed E-state index contributed by atoms with van der Waals surface area (Å²) in [7, 11) is -2.64. The first kappa shape index (κ1) is 25.8. The molecule has 0 aliphatic carbocycles. The maximum absolute atomic E-state index is 12.4. The van der Waals surface area contributed by atoms with Crippen LogP contribution in [0.5, 0.6) is 5.75 Å².